The van der Waals surface area contributed by atoms with E-state index in [0.29, 0.717) is 5.92 Å². The van der Waals surface area contributed by atoms with Crippen molar-refractivity contribution in [1.29, 1.82) is 0 Å². The van der Waals surface area contributed by atoms with Crippen molar-refractivity contribution in [1.82, 2.24) is 4.90 Å². The molecule has 0 rings (SSSR count). The minimum atomic E-state index is 0.704. The molecule has 1 unspecified atom stereocenters. The van der Waals surface area contributed by atoms with Crippen LogP contribution in [-0.2, 0) is 0 Å². The molecular formula is C10H21N. The maximum Gasteiger partial charge on any atom is 0.00407 e. The molecule has 0 fully saturated rings. The van der Waals surface area contributed by atoms with E-state index in [0.717, 1.165) is 12.5 Å². The summed E-state index contributed by atoms with van der Waals surface area (Å²) in [7, 11) is 4.25. The topological polar surface area (TPSA) is 3.24 Å². The molecule has 0 bridgehead atoms. The van der Waals surface area contributed by atoms with Crippen molar-refractivity contribution in [3.8, 4) is 0 Å². The van der Waals surface area contributed by atoms with Crippen molar-refractivity contribution in [3.05, 3.63) is 12.2 Å². The minimum absolute atomic E-state index is 0.704. The van der Waals surface area contributed by atoms with Crippen molar-refractivity contribution in [3.63, 3.8) is 0 Å². The third-order valence-corrected chi connectivity index (χ3v) is 1.87. The second kappa shape index (κ2) is 5.36. The number of rotatable bonds is 4. The average molecular weight is 155 g/mol. The first-order chi connectivity index (χ1) is 5.07. The Morgan fingerprint density at radius 2 is 1.82 bits per heavy atom. The lowest BCUT2D eigenvalue weighted by molar-refractivity contribution is 0.311. The fourth-order valence-electron chi connectivity index (χ4n) is 1.16. The molecule has 1 heteroatoms. The van der Waals surface area contributed by atoms with Crippen LogP contribution in [0.5, 0.6) is 0 Å². The lowest BCUT2D eigenvalue weighted by Gasteiger charge is -2.20. The molecule has 0 saturated heterocycles. The summed E-state index contributed by atoms with van der Waals surface area (Å²) in [5, 5.41) is 0. The molecule has 66 valence electrons. The molecule has 0 amide bonds. The predicted octanol–water partition coefficient (Wildman–Crippen LogP) is 2.40. The van der Waals surface area contributed by atoms with Gasteiger partial charge in [0, 0.05) is 6.54 Å². The summed E-state index contributed by atoms with van der Waals surface area (Å²) < 4.78 is 0. The van der Waals surface area contributed by atoms with Gasteiger partial charge in [-0.1, -0.05) is 26.0 Å². The molecule has 0 radical (unpaired) electrons. The Morgan fingerprint density at radius 1 is 1.27 bits per heavy atom. The summed E-state index contributed by atoms with van der Waals surface area (Å²) in [5.74, 6) is 1.45. The zero-order chi connectivity index (χ0) is 8.85. The quantitative estimate of drug-likeness (QED) is 0.563. The van der Waals surface area contributed by atoms with Crippen molar-refractivity contribution >= 4 is 0 Å². The molecule has 0 spiro atoms. The number of hydrogen-bond donors (Lipinski definition) is 0. The van der Waals surface area contributed by atoms with Crippen molar-refractivity contribution < 1.29 is 0 Å². The van der Waals surface area contributed by atoms with Crippen LogP contribution in [0.3, 0.4) is 0 Å². The lowest BCUT2D eigenvalue weighted by atomic mass is 9.95. The Bertz CT molecular complexity index is 114. The minimum Gasteiger partial charge on any atom is -0.309 e. The first-order valence-corrected chi connectivity index (χ1v) is 4.35. The van der Waals surface area contributed by atoms with E-state index in [-0.39, 0.29) is 0 Å². The summed E-state index contributed by atoms with van der Waals surface area (Å²) in [6.45, 7) is 7.79. The Kier molecular flexibility index (Phi) is 5.22. The molecule has 0 heterocycles. The van der Waals surface area contributed by atoms with Gasteiger partial charge in [-0.05, 0) is 32.9 Å². The fourth-order valence-corrected chi connectivity index (χ4v) is 1.16. The zero-order valence-corrected chi connectivity index (χ0v) is 8.46. The molecule has 0 aromatic rings. The molecule has 1 nitrogen and oxygen atoms in total. The molecular weight excluding hydrogens is 134 g/mol. The van der Waals surface area contributed by atoms with Crippen LogP contribution >= 0.6 is 0 Å². The lowest BCUT2D eigenvalue weighted by Crippen LogP contribution is -2.23. The van der Waals surface area contributed by atoms with Gasteiger partial charge in [0.05, 0.1) is 0 Å². The van der Waals surface area contributed by atoms with E-state index < -0.39 is 0 Å². The highest BCUT2D eigenvalue weighted by Gasteiger charge is 2.09. The monoisotopic (exact) mass is 155 g/mol. The van der Waals surface area contributed by atoms with Gasteiger partial charge in [0.15, 0.2) is 0 Å². The van der Waals surface area contributed by atoms with Gasteiger partial charge in [0.1, 0.15) is 0 Å². The standard InChI is InChI=1S/C10H21N/c1-6-7-10(9(2)3)8-11(4)5/h6-7,9-10H,8H2,1-5H3/b7-6-. The summed E-state index contributed by atoms with van der Waals surface area (Å²) >= 11 is 0. The summed E-state index contributed by atoms with van der Waals surface area (Å²) in [4.78, 5) is 2.24. The molecule has 0 saturated carbocycles. The highest BCUT2D eigenvalue weighted by Crippen LogP contribution is 2.12. The van der Waals surface area contributed by atoms with E-state index in [1.807, 2.05) is 0 Å². The van der Waals surface area contributed by atoms with Gasteiger partial charge in [-0.25, -0.2) is 0 Å². The highest BCUT2D eigenvalue weighted by atomic mass is 15.1. The van der Waals surface area contributed by atoms with E-state index in [4.69, 9.17) is 0 Å². The number of hydrogen-bond acceptors (Lipinski definition) is 1. The fraction of sp³-hybridized carbons (Fsp3) is 0.800. The van der Waals surface area contributed by atoms with Gasteiger partial charge in [0.25, 0.3) is 0 Å². The summed E-state index contributed by atoms with van der Waals surface area (Å²) in [5.41, 5.74) is 0. The van der Waals surface area contributed by atoms with Crippen LogP contribution in [0, 0.1) is 11.8 Å². The molecule has 1 atom stereocenters. The van der Waals surface area contributed by atoms with Gasteiger partial charge in [-0.15, -0.1) is 0 Å². The Morgan fingerprint density at radius 3 is 2.09 bits per heavy atom. The summed E-state index contributed by atoms with van der Waals surface area (Å²) in [6, 6.07) is 0. The third kappa shape index (κ3) is 5.02. The molecule has 0 aliphatic heterocycles. The normalized spacial score (nSPS) is 15.2. The van der Waals surface area contributed by atoms with Crippen LogP contribution in [-0.4, -0.2) is 25.5 Å². The van der Waals surface area contributed by atoms with Crippen LogP contribution in [0.25, 0.3) is 0 Å². The molecule has 0 N–H and O–H groups in total. The van der Waals surface area contributed by atoms with Gasteiger partial charge in [-0.3, -0.25) is 0 Å². The first-order valence-electron chi connectivity index (χ1n) is 4.35. The van der Waals surface area contributed by atoms with Crippen LogP contribution in [0.2, 0.25) is 0 Å². The highest BCUT2D eigenvalue weighted by molar-refractivity contribution is 4.88. The average Bonchev–Trinajstić information content (AvgIpc) is 1.86. The third-order valence-electron chi connectivity index (χ3n) is 1.87. The Hall–Kier alpha value is -0.300. The second-order valence-electron chi connectivity index (χ2n) is 3.70. The molecule has 0 aliphatic rings. The van der Waals surface area contributed by atoms with Crippen molar-refractivity contribution in [2.75, 3.05) is 20.6 Å². The van der Waals surface area contributed by atoms with Crippen LogP contribution in [0.1, 0.15) is 20.8 Å². The molecule has 0 aliphatic carbocycles. The maximum absolute atomic E-state index is 2.30. The van der Waals surface area contributed by atoms with Gasteiger partial charge in [0.2, 0.25) is 0 Å². The number of allylic oxidation sites excluding steroid dienone is 1. The Labute approximate surface area is 71.1 Å². The van der Waals surface area contributed by atoms with Gasteiger partial charge in [-0.2, -0.15) is 0 Å². The van der Waals surface area contributed by atoms with Crippen molar-refractivity contribution in [2.45, 2.75) is 20.8 Å². The Balaban J connectivity index is 3.89. The van der Waals surface area contributed by atoms with Crippen LogP contribution in [0.15, 0.2) is 12.2 Å². The maximum atomic E-state index is 2.30. The second-order valence-corrected chi connectivity index (χ2v) is 3.70. The largest absolute Gasteiger partial charge is 0.309 e. The smallest absolute Gasteiger partial charge is 0.00407 e. The van der Waals surface area contributed by atoms with E-state index >= 15 is 0 Å². The van der Waals surface area contributed by atoms with Crippen LogP contribution < -0.4 is 0 Å². The van der Waals surface area contributed by atoms with Crippen LogP contribution in [0.4, 0.5) is 0 Å². The van der Waals surface area contributed by atoms with Crippen molar-refractivity contribution in [2.24, 2.45) is 11.8 Å². The first kappa shape index (κ1) is 10.7. The predicted molar refractivity (Wildman–Crippen MR) is 51.7 cm³/mol. The van der Waals surface area contributed by atoms with E-state index in [1.54, 1.807) is 0 Å². The van der Waals surface area contributed by atoms with Gasteiger partial charge >= 0.3 is 0 Å². The molecule has 11 heavy (non-hydrogen) atoms. The van der Waals surface area contributed by atoms with Gasteiger partial charge < -0.3 is 4.90 Å². The van der Waals surface area contributed by atoms with E-state index in [2.05, 4.69) is 51.9 Å². The number of nitrogens with zero attached hydrogens (tertiary/aromatic N) is 1. The van der Waals surface area contributed by atoms with E-state index in [1.165, 1.54) is 0 Å². The summed E-state index contributed by atoms with van der Waals surface area (Å²) in [6.07, 6.45) is 4.44. The zero-order valence-electron chi connectivity index (χ0n) is 8.46. The molecule has 0 aromatic carbocycles. The molecule has 0 aromatic heterocycles. The SMILES string of the molecule is C/C=C\C(CN(C)C)C(C)C. The van der Waals surface area contributed by atoms with E-state index in [9.17, 15) is 0 Å².